The average molecular weight is 388 g/mol. The van der Waals surface area contributed by atoms with E-state index in [-0.39, 0.29) is 5.91 Å². The van der Waals surface area contributed by atoms with E-state index in [2.05, 4.69) is 52.2 Å². The highest BCUT2D eigenvalue weighted by molar-refractivity contribution is 14.1. The second-order valence-electron chi connectivity index (χ2n) is 5.03. The topological polar surface area (TPSA) is 55.1 Å². The molecule has 20 heavy (non-hydrogen) atoms. The molecule has 4 heteroatoms. The van der Waals surface area contributed by atoms with Crippen LogP contribution in [0, 0.1) is 3.57 Å². The minimum Gasteiger partial charge on any atom is -0.356 e. The zero-order valence-corrected chi connectivity index (χ0v) is 14.2. The predicted octanol–water partition coefficient (Wildman–Crippen LogP) is 3.25. The van der Waals surface area contributed by atoms with Crippen molar-refractivity contribution in [1.29, 1.82) is 0 Å². The van der Waals surface area contributed by atoms with Gasteiger partial charge in [-0.25, -0.2) is 0 Å². The van der Waals surface area contributed by atoms with E-state index in [1.54, 1.807) is 0 Å². The highest BCUT2D eigenvalue weighted by atomic mass is 127. The first-order valence-electron chi connectivity index (χ1n) is 7.43. The Bertz CT molecular complexity index is 379. The fourth-order valence-electron chi connectivity index (χ4n) is 2.03. The number of aryl methyl sites for hydroxylation is 1. The molecule has 0 aromatic heterocycles. The number of hydrogen-bond donors (Lipinski definition) is 2. The number of rotatable bonds is 10. The first-order valence-corrected chi connectivity index (χ1v) is 8.51. The second kappa shape index (κ2) is 11.1. The van der Waals surface area contributed by atoms with E-state index < -0.39 is 0 Å². The van der Waals surface area contributed by atoms with Gasteiger partial charge < -0.3 is 11.1 Å². The lowest BCUT2D eigenvalue weighted by atomic mass is 10.1. The van der Waals surface area contributed by atoms with Crippen LogP contribution in [-0.2, 0) is 11.2 Å². The Morgan fingerprint density at radius 1 is 1.05 bits per heavy atom. The SMILES string of the molecule is NCCCCNC(=O)CCCCCc1ccc(I)cc1. The summed E-state index contributed by atoms with van der Waals surface area (Å²) < 4.78 is 1.28. The van der Waals surface area contributed by atoms with Crippen LogP contribution in [0.25, 0.3) is 0 Å². The third kappa shape index (κ3) is 8.53. The van der Waals surface area contributed by atoms with Gasteiger partial charge in [0.05, 0.1) is 0 Å². The molecule has 0 heterocycles. The summed E-state index contributed by atoms with van der Waals surface area (Å²) in [6.45, 7) is 1.47. The van der Waals surface area contributed by atoms with Gasteiger partial charge >= 0.3 is 0 Å². The molecule has 0 unspecified atom stereocenters. The molecule has 1 aromatic carbocycles. The predicted molar refractivity (Wildman–Crippen MR) is 92.6 cm³/mol. The largest absolute Gasteiger partial charge is 0.356 e. The number of halogens is 1. The summed E-state index contributed by atoms with van der Waals surface area (Å²) in [4.78, 5) is 11.5. The summed E-state index contributed by atoms with van der Waals surface area (Å²) in [6, 6.07) is 8.66. The van der Waals surface area contributed by atoms with Crippen LogP contribution in [-0.4, -0.2) is 19.0 Å². The molecule has 1 aromatic rings. The van der Waals surface area contributed by atoms with Crippen LogP contribution in [0.1, 0.15) is 44.1 Å². The van der Waals surface area contributed by atoms with Gasteiger partial charge in [-0.15, -0.1) is 0 Å². The van der Waals surface area contributed by atoms with Gasteiger partial charge in [-0.1, -0.05) is 18.6 Å². The lowest BCUT2D eigenvalue weighted by Gasteiger charge is -2.05. The van der Waals surface area contributed by atoms with Crippen molar-refractivity contribution in [2.45, 2.75) is 44.9 Å². The molecule has 1 amide bonds. The summed E-state index contributed by atoms with van der Waals surface area (Å²) in [7, 11) is 0. The number of carbonyl (C=O) groups excluding carboxylic acids is 1. The number of hydrogen-bond acceptors (Lipinski definition) is 2. The Balaban J connectivity index is 1.98. The fraction of sp³-hybridized carbons (Fsp3) is 0.562. The lowest BCUT2D eigenvalue weighted by molar-refractivity contribution is -0.121. The summed E-state index contributed by atoms with van der Waals surface area (Å²) >= 11 is 2.32. The number of amides is 1. The summed E-state index contributed by atoms with van der Waals surface area (Å²) in [5, 5.41) is 2.94. The molecule has 3 nitrogen and oxygen atoms in total. The van der Waals surface area contributed by atoms with E-state index in [1.807, 2.05) is 0 Å². The quantitative estimate of drug-likeness (QED) is 0.478. The Kier molecular flexibility index (Phi) is 9.66. The Morgan fingerprint density at radius 2 is 1.80 bits per heavy atom. The van der Waals surface area contributed by atoms with Crippen LogP contribution in [0.4, 0.5) is 0 Å². The zero-order valence-electron chi connectivity index (χ0n) is 12.0. The van der Waals surface area contributed by atoms with Gasteiger partial charge in [0, 0.05) is 16.5 Å². The molecule has 0 spiro atoms. The number of nitrogens with two attached hydrogens (primary N) is 1. The van der Waals surface area contributed by atoms with Crippen LogP contribution < -0.4 is 11.1 Å². The molecular weight excluding hydrogens is 363 g/mol. The summed E-state index contributed by atoms with van der Waals surface area (Å²) in [5.74, 6) is 0.177. The Morgan fingerprint density at radius 3 is 2.50 bits per heavy atom. The van der Waals surface area contributed by atoms with E-state index in [9.17, 15) is 4.79 Å². The van der Waals surface area contributed by atoms with Gasteiger partial charge in [0.15, 0.2) is 0 Å². The van der Waals surface area contributed by atoms with Crippen molar-refractivity contribution in [2.75, 3.05) is 13.1 Å². The van der Waals surface area contributed by atoms with Crippen molar-refractivity contribution in [2.24, 2.45) is 5.73 Å². The van der Waals surface area contributed by atoms with Gasteiger partial charge in [-0.2, -0.15) is 0 Å². The van der Waals surface area contributed by atoms with Crippen molar-refractivity contribution in [3.05, 3.63) is 33.4 Å². The molecule has 0 aliphatic heterocycles. The highest BCUT2D eigenvalue weighted by Gasteiger charge is 2.00. The molecule has 112 valence electrons. The van der Waals surface area contributed by atoms with Crippen LogP contribution in [0.3, 0.4) is 0 Å². The zero-order chi connectivity index (χ0) is 14.6. The summed E-state index contributed by atoms with van der Waals surface area (Å²) in [5.41, 5.74) is 6.79. The van der Waals surface area contributed by atoms with Gasteiger partial charge in [-0.05, 0) is 78.9 Å². The highest BCUT2D eigenvalue weighted by Crippen LogP contribution is 2.10. The maximum atomic E-state index is 11.5. The maximum Gasteiger partial charge on any atom is 0.219 e. The van der Waals surface area contributed by atoms with Gasteiger partial charge in [0.1, 0.15) is 0 Å². The second-order valence-corrected chi connectivity index (χ2v) is 6.28. The first kappa shape index (κ1) is 17.4. The number of benzene rings is 1. The third-order valence-corrected chi connectivity index (χ3v) is 3.95. The molecule has 3 N–H and O–H groups in total. The minimum atomic E-state index is 0.177. The Hall–Kier alpha value is -0.620. The standard InChI is InChI=1S/C16H25IN2O/c17-15-10-8-14(9-11-15)6-2-1-3-7-16(20)19-13-5-4-12-18/h8-11H,1-7,12-13,18H2,(H,19,20). The normalized spacial score (nSPS) is 10.5. The van der Waals surface area contributed by atoms with Crippen molar-refractivity contribution >= 4 is 28.5 Å². The van der Waals surface area contributed by atoms with Crippen molar-refractivity contribution in [1.82, 2.24) is 5.32 Å². The van der Waals surface area contributed by atoms with Gasteiger partial charge in [0.2, 0.25) is 5.91 Å². The van der Waals surface area contributed by atoms with Crippen molar-refractivity contribution in [3.63, 3.8) is 0 Å². The molecule has 1 rings (SSSR count). The molecule has 0 saturated heterocycles. The molecule has 0 aliphatic carbocycles. The molecule has 0 aliphatic rings. The molecule has 0 saturated carbocycles. The monoisotopic (exact) mass is 388 g/mol. The smallest absolute Gasteiger partial charge is 0.219 e. The number of carbonyl (C=O) groups is 1. The Labute approximate surface area is 135 Å². The third-order valence-electron chi connectivity index (χ3n) is 3.24. The van der Waals surface area contributed by atoms with Crippen LogP contribution in [0.5, 0.6) is 0 Å². The number of unbranched alkanes of at least 4 members (excludes halogenated alkanes) is 3. The minimum absolute atomic E-state index is 0.177. The van der Waals surface area contributed by atoms with Gasteiger partial charge in [-0.3, -0.25) is 4.79 Å². The van der Waals surface area contributed by atoms with Crippen LogP contribution in [0.15, 0.2) is 24.3 Å². The van der Waals surface area contributed by atoms with Gasteiger partial charge in [0.25, 0.3) is 0 Å². The van der Waals surface area contributed by atoms with Crippen LogP contribution >= 0.6 is 22.6 Å². The first-order chi connectivity index (χ1) is 9.72. The molecular formula is C16H25IN2O. The van der Waals surface area contributed by atoms with E-state index in [1.165, 1.54) is 9.13 Å². The van der Waals surface area contributed by atoms with Crippen molar-refractivity contribution in [3.8, 4) is 0 Å². The maximum absolute atomic E-state index is 11.5. The van der Waals surface area contributed by atoms with E-state index >= 15 is 0 Å². The van der Waals surface area contributed by atoms with E-state index in [4.69, 9.17) is 5.73 Å². The average Bonchev–Trinajstić information content (AvgIpc) is 2.45. The molecule has 0 bridgehead atoms. The summed E-state index contributed by atoms with van der Waals surface area (Å²) in [6.07, 6.45) is 6.96. The van der Waals surface area contributed by atoms with E-state index in [0.29, 0.717) is 13.0 Å². The van der Waals surface area contributed by atoms with Crippen molar-refractivity contribution < 1.29 is 4.79 Å². The number of nitrogens with one attached hydrogen (secondary N) is 1. The van der Waals surface area contributed by atoms with Crippen LogP contribution in [0.2, 0.25) is 0 Å². The fourth-order valence-corrected chi connectivity index (χ4v) is 2.39. The lowest BCUT2D eigenvalue weighted by Crippen LogP contribution is -2.24. The van der Waals surface area contributed by atoms with E-state index in [0.717, 1.165) is 45.1 Å². The molecule has 0 atom stereocenters. The molecule has 0 fully saturated rings. The molecule has 0 radical (unpaired) electrons.